The van der Waals surface area contributed by atoms with Gasteiger partial charge in [0.05, 0.1) is 0 Å². The van der Waals surface area contributed by atoms with E-state index in [1.165, 1.54) is 42.5 Å². The molecule has 2 aromatic rings. The predicted octanol–water partition coefficient (Wildman–Crippen LogP) is 5.04. The highest BCUT2D eigenvalue weighted by Crippen LogP contribution is 2.29. The number of alkyl halides is 5. The summed E-state index contributed by atoms with van der Waals surface area (Å²) < 4.78 is 65.9. The standard InChI is InChI=1S/C16H11F5O2/c17-15(18)11-3-1-10(2-4-11)14-6-5-13(7-12(14)8-22)23-9-16(19,20)21/h1-8,15H,9H2. The molecule has 0 aliphatic rings. The summed E-state index contributed by atoms with van der Waals surface area (Å²) in [7, 11) is 0. The van der Waals surface area contributed by atoms with Gasteiger partial charge < -0.3 is 4.74 Å². The molecular formula is C16H11F5O2. The molecule has 0 aliphatic heterocycles. The number of ether oxygens (including phenoxy) is 1. The van der Waals surface area contributed by atoms with Gasteiger partial charge >= 0.3 is 6.18 Å². The van der Waals surface area contributed by atoms with Gasteiger partial charge in [0.2, 0.25) is 0 Å². The fourth-order valence-corrected chi connectivity index (χ4v) is 1.96. The maximum atomic E-state index is 12.5. The van der Waals surface area contributed by atoms with Crippen molar-refractivity contribution in [3.63, 3.8) is 0 Å². The van der Waals surface area contributed by atoms with Crippen LogP contribution in [0.2, 0.25) is 0 Å². The number of hydrogen-bond donors (Lipinski definition) is 0. The SMILES string of the molecule is O=Cc1cc(OCC(F)(F)F)ccc1-c1ccc(C(F)F)cc1. The van der Waals surface area contributed by atoms with Crippen LogP contribution in [0.15, 0.2) is 42.5 Å². The lowest BCUT2D eigenvalue weighted by Gasteiger charge is -2.12. The van der Waals surface area contributed by atoms with Crippen molar-refractivity contribution in [2.45, 2.75) is 12.6 Å². The zero-order valence-electron chi connectivity index (χ0n) is 11.6. The molecule has 0 radical (unpaired) electrons. The third kappa shape index (κ3) is 4.51. The van der Waals surface area contributed by atoms with E-state index < -0.39 is 19.2 Å². The minimum Gasteiger partial charge on any atom is -0.484 e. The van der Waals surface area contributed by atoms with E-state index in [2.05, 4.69) is 4.74 Å². The number of hydrogen-bond acceptors (Lipinski definition) is 2. The van der Waals surface area contributed by atoms with Gasteiger partial charge in [0.15, 0.2) is 12.9 Å². The van der Waals surface area contributed by atoms with E-state index in [9.17, 15) is 26.7 Å². The van der Waals surface area contributed by atoms with Crippen molar-refractivity contribution < 1.29 is 31.5 Å². The minimum absolute atomic E-state index is 0.0997. The third-order valence-electron chi connectivity index (χ3n) is 3.03. The van der Waals surface area contributed by atoms with Gasteiger partial charge in [-0.3, -0.25) is 4.79 Å². The van der Waals surface area contributed by atoms with Crippen LogP contribution in [0.4, 0.5) is 22.0 Å². The Hall–Kier alpha value is -2.44. The summed E-state index contributed by atoms with van der Waals surface area (Å²) >= 11 is 0. The van der Waals surface area contributed by atoms with Crippen molar-refractivity contribution in [3.05, 3.63) is 53.6 Å². The van der Waals surface area contributed by atoms with Crippen LogP contribution >= 0.6 is 0 Å². The molecule has 0 amide bonds. The Kier molecular flexibility index (Phi) is 4.98. The highest BCUT2D eigenvalue weighted by Gasteiger charge is 2.28. The predicted molar refractivity (Wildman–Crippen MR) is 73.8 cm³/mol. The van der Waals surface area contributed by atoms with Crippen molar-refractivity contribution in [2.24, 2.45) is 0 Å². The Balaban J connectivity index is 2.27. The number of aldehydes is 1. The zero-order chi connectivity index (χ0) is 17.0. The Labute approximate surface area is 128 Å². The largest absolute Gasteiger partial charge is 0.484 e. The van der Waals surface area contributed by atoms with Crippen LogP contribution in [-0.2, 0) is 0 Å². The van der Waals surface area contributed by atoms with Gasteiger partial charge in [-0.1, -0.05) is 24.3 Å². The van der Waals surface area contributed by atoms with E-state index in [-0.39, 0.29) is 16.9 Å². The highest BCUT2D eigenvalue weighted by molar-refractivity contribution is 5.88. The van der Waals surface area contributed by atoms with Crippen LogP contribution in [-0.4, -0.2) is 19.1 Å². The minimum atomic E-state index is -4.48. The zero-order valence-corrected chi connectivity index (χ0v) is 11.6. The smallest absolute Gasteiger partial charge is 0.422 e. The molecule has 23 heavy (non-hydrogen) atoms. The quantitative estimate of drug-likeness (QED) is 0.567. The molecule has 0 saturated carbocycles. The lowest BCUT2D eigenvalue weighted by molar-refractivity contribution is -0.153. The second-order valence-electron chi connectivity index (χ2n) is 4.69. The van der Waals surface area contributed by atoms with Crippen LogP contribution in [0.5, 0.6) is 5.75 Å². The van der Waals surface area contributed by atoms with Crippen molar-refractivity contribution in [2.75, 3.05) is 6.61 Å². The summed E-state index contributed by atoms with van der Waals surface area (Å²) in [6.45, 7) is -1.46. The molecule has 0 heterocycles. The Morgan fingerprint density at radius 1 is 1.04 bits per heavy atom. The van der Waals surface area contributed by atoms with Gasteiger partial charge in [0, 0.05) is 11.1 Å². The molecule has 0 bridgehead atoms. The van der Waals surface area contributed by atoms with E-state index in [0.29, 0.717) is 17.4 Å². The number of carbonyl (C=O) groups excluding carboxylic acids is 1. The maximum Gasteiger partial charge on any atom is 0.422 e. The second-order valence-corrected chi connectivity index (χ2v) is 4.69. The second kappa shape index (κ2) is 6.76. The maximum absolute atomic E-state index is 12.5. The monoisotopic (exact) mass is 330 g/mol. The summed E-state index contributed by atoms with van der Waals surface area (Å²) in [5, 5.41) is 0. The molecule has 0 aromatic heterocycles. The number of halogens is 5. The van der Waals surface area contributed by atoms with Gasteiger partial charge in [-0.2, -0.15) is 13.2 Å². The topological polar surface area (TPSA) is 26.3 Å². The molecule has 2 nitrogen and oxygen atoms in total. The third-order valence-corrected chi connectivity index (χ3v) is 3.03. The lowest BCUT2D eigenvalue weighted by atomic mass is 9.99. The van der Waals surface area contributed by atoms with Crippen molar-refractivity contribution >= 4 is 6.29 Å². The van der Waals surface area contributed by atoms with E-state index in [0.717, 1.165) is 0 Å². The highest BCUT2D eigenvalue weighted by atomic mass is 19.4. The number of benzene rings is 2. The van der Waals surface area contributed by atoms with Crippen molar-refractivity contribution in [3.8, 4) is 16.9 Å². The van der Waals surface area contributed by atoms with Crippen LogP contribution in [0, 0.1) is 0 Å². The first-order valence-electron chi connectivity index (χ1n) is 6.47. The molecule has 7 heteroatoms. The summed E-state index contributed by atoms with van der Waals surface area (Å²) in [6, 6.07) is 9.16. The first kappa shape index (κ1) is 16.9. The van der Waals surface area contributed by atoms with Gasteiger partial charge in [-0.25, -0.2) is 8.78 Å². The van der Waals surface area contributed by atoms with E-state index in [1.54, 1.807) is 0 Å². The van der Waals surface area contributed by atoms with Gasteiger partial charge in [0.1, 0.15) is 5.75 Å². The van der Waals surface area contributed by atoms with Crippen LogP contribution in [0.25, 0.3) is 11.1 Å². The molecule has 0 saturated heterocycles. The van der Waals surface area contributed by atoms with E-state index >= 15 is 0 Å². The molecule has 2 aromatic carbocycles. The summed E-state index contributed by atoms with van der Waals surface area (Å²) in [4.78, 5) is 11.1. The first-order chi connectivity index (χ1) is 10.8. The number of rotatable bonds is 5. The summed E-state index contributed by atoms with van der Waals surface area (Å²) in [5.41, 5.74) is 0.861. The van der Waals surface area contributed by atoms with Gasteiger partial charge in [-0.05, 0) is 29.3 Å². The molecular weight excluding hydrogens is 319 g/mol. The average molecular weight is 330 g/mol. The summed E-state index contributed by atoms with van der Waals surface area (Å²) in [6.07, 6.45) is -6.62. The Bertz CT molecular complexity index is 678. The lowest BCUT2D eigenvalue weighted by Crippen LogP contribution is -2.19. The van der Waals surface area contributed by atoms with E-state index in [1.807, 2.05) is 0 Å². The van der Waals surface area contributed by atoms with Crippen LogP contribution in [0.3, 0.4) is 0 Å². The first-order valence-corrected chi connectivity index (χ1v) is 6.47. The molecule has 0 atom stereocenters. The molecule has 0 aliphatic carbocycles. The molecule has 2 rings (SSSR count). The Morgan fingerprint density at radius 3 is 2.22 bits per heavy atom. The van der Waals surface area contributed by atoms with Crippen LogP contribution in [0.1, 0.15) is 22.3 Å². The molecule has 0 fully saturated rings. The molecule has 0 spiro atoms. The van der Waals surface area contributed by atoms with Gasteiger partial charge in [-0.15, -0.1) is 0 Å². The fourth-order valence-electron chi connectivity index (χ4n) is 1.96. The van der Waals surface area contributed by atoms with Gasteiger partial charge in [0.25, 0.3) is 6.43 Å². The van der Waals surface area contributed by atoms with Crippen molar-refractivity contribution in [1.82, 2.24) is 0 Å². The molecule has 0 N–H and O–H groups in total. The molecule has 0 unspecified atom stereocenters. The fraction of sp³-hybridized carbons (Fsp3) is 0.188. The average Bonchev–Trinajstić information content (AvgIpc) is 2.52. The molecule has 122 valence electrons. The number of carbonyl (C=O) groups is 1. The van der Waals surface area contributed by atoms with Crippen molar-refractivity contribution in [1.29, 1.82) is 0 Å². The normalized spacial score (nSPS) is 11.6. The van der Waals surface area contributed by atoms with E-state index in [4.69, 9.17) is 0 Å². The Morgan fingerprint density at radius 2 is 1.70 bits per heavy atom. The summed E-state index contributed by atoms with van der Waals surface area (Å²) in [5.74, 6) is -0.0997. The van der Waals surface area contributed by atoms with Crippen LogP contribution < -0.4 is 4.74 Å².